The van der Waals surface area contributed by atoms with Crippen LogP contribution in [-0.4, -0.2) is 10.3 Å². The van der Waals surface area contributed by atoms with Crippen molar-refractivity contribution in [2.75, 3.05) is 9.74 Å². The number of nitrogens with one attached hydrogen (secondary N) is 1. The highest BCUT2D eigenvalue weighted by molar-refractivity contribution is 14.1. The summed E-state index contributed by atoms with van der Waals surface area (Å²) in [5.41, 5.74) is 2.17. The van der Waals surface area contributed by atoms with Gasteiger partial charge in [0.05, 0.1) is 0 Å². The SMILES string of the molecule is C=CCCC(=O)Nc1cccc(CCCI)c1. The third-order valence-electron chi connectivity index (χ3n) is 2.39. The van der Waals surface area contributed by atoms with Gasteiger partial charge in [0, 0.05) is 12.1 Å². The van der Waals surface area contributed by atoms with Gasteiger partial charge in [0.15, 0.2) is 0 Å². The van der Waals surface area contributed by atoms with Gasteiger partial charge in [-0.2, -0.15) is 0 Å². The molecule has 0 saturated carbocycles. The molecule has 0 radical (unpaired) electrons. The van der Waals surface area contributed by atoms with Crippen molar-refractivity contribution in [3.05, 3.63) is 42.5 Å². The number of aryl methyl sites for hydroxylation is 1. The van der Waals surface area contributed by atoms with Gasteiger partial charge in [-0.25, -0.2) is 0 Å². The fourth-order valence-electron chi connectivity index (χ4n) is 1.53. The number of halogens is 1. The van der Waals surface area contributed by atoms with E-state index in [2.05, 4.69) is 46.6 Å². The highest BCUT2D eigenvalue weighted by atomic mass is 127. The summed E-state index contributed by atoms with van der Waals surface area (Å²) in [6, 6.07) is 8.08. The Kier molecular flexibility index (Phi) is 6.93. The van der Waals surface area contributed by atoms with Crippen molar-refractivity contribution in [2.24, 2.45) is 0 Å². The molecule has 2 nitrogen and oxygen atoms in total. The lowest BCUT2D eigenvalue weighted by Crippen LogP contribution is -2.10. The Labute approximate surface area is 117 Å². The average Bonchev–Trinajstić information content (AvgIpc) is 2.34. The van der Waals surface area contributed by atoms with E-state index >= 15 is 0 Å². The van der Waals surface area contributed by atoms with Gasteiger partial charge in [-0.15, -0.1) is 6.58 Å². The maximum atomic E-state index is 11.5. The molecule has 1 N–H and O–H groups in total. The van der Waals surface area contributed by atoms with Gasteiger partial charge in [0.1, 0.15) is 0 Å². The molecule has 1 aromatic rings. The van der Waals surface area contributed by atoms with E-state index in [9.17, 15) is 4.79 Å². The molecule has 1 amide bonds. The zero-order chi connectivity index (χ0) is 12.5. The van der Waals surface area contributed by atoms with Gasteiger partial charge >= 0.3 is 0 Å². The number of carbonyl (C=O) groups is 1. The predicted octanol–water partition coefficient (Wildman–Crippen LogP) is 3.96. The monoisotopic (exact) mass is 343 g/mol. The van der Waals surface area contributed by atoms with Crippen LogP contribution in [0.1, 0.15) is 24.8 Å². The average molecular weight is 343 g/mol. The number of benzene rings is 1. The van der Waals surface area contributed by atoms with Crippen molar-refractivity contribution >= 4 is 34.2 Å². The molecule has 1 aromatic carbocycles. The van der Waals surface area contributed by atoms with Crippen LogP contribution in [-0.2, 0) is 11.2 Å². The van der Waals surface area contributed by atoms with Gasteiger partial charge < -0.3 is 5.32 Å². The van der Waals surface area contributed by atoms with E-state index in [4.69, 9.17) is 0 Å². The Balaban J connectivity index is 2.52. The van der Waals surface area contributed by atoms with E-state index in [1.807, 2.05) is 12.1 Å². The molecule has 0 aromatic heterocycles. The Hall–Kier alpha value is -0.840. The van der Waals surface area contributed by atoms with Crippen molar-refractivity contribution in [3.8, 4) is 0 Å². The number of rotatable bonds is 7. The summed E-state index contributed by atoms with van der Waals surface area (Å²) in [5, 5.41) is 2.90. The molecule has 0 aliphatic rings. The largest absolute Gasteiger partial charge is 0.326 e. The van der Waals surface area contributed by atoms with E-state index in [0.29, 0.717) is 6.42 Å². The summed E-state index contributed by atoms with van der Waals surface area (Å²) in [6.45, 7) is 3.61. The molecule has 0 bridgehead atoms. The quantitative estimate of drug-likeness (QED) is 0.453. The van der Waals surface area contributed by atoms with Crippen LogP contribution in [0.5, 0.6) is 0 Å². The number of amides is 1. The van der Waals surface area contributed by atoms with E-state index in [1.54, 1.807) is 6.08 Å². The third kappa shape index (κ3) is 5.86. The second-order valence-electron chi connectivity index (χ2n) is 3.87. The molecule has 0 heterocycles. The Morgan fingerprint density at radius 3 is 3.00 bits per heavy atom. The maximum absolute atomic E-state index is 11.5. The van der Waals surface area contributed by atoms with Crippen LogP contribution >= 0.6 is 22.6 Å². The molecule has 0 aliphatic heterocycles. The Bertz CT molecular complexity index is 376. The van der Waals surface area contributed by atoms with Crippen molar-refractivity contribution < 1.29 is 4.79 Å². The van der Waals surface area contributed by atoms with E-state index < -0.39 is 0 Å². The maximum Gasteiger partial charge on any atom is 0.224 e. The number of allylic oxidation sites excluding steroid dienone is 1. The molecular weight excluding hydrogens is 325 g/mol. The number of hydrogen-bond acceptors (Lipinski definition) is 1. The standard InChI is InChI=1S/C14H18INO/c1-2-3-9-14(17)16-13-8-4-6-12(11-13)7-5-10-15/h2,4,6,8,11H,1,3,5,7,9-10H2,(H,16,17). The molecule has 17 heavy (non-hydrogen) atoms. The first-order chi connectivity index (χ1) is 8.26. The third-order valence-corrected chi connectivity index (χ3v) is 3.15. The first kappa shape index (κ1) is 14.2. The highest BCUT2D eigenvalue weighted by Crippen LogP contribution is 2.13. The fraction of sp³-hybridized carbons (Fsp3) is 0.357. The topological polar surface area (TPSA) is 29.1 Å². The zero-order valence-electron chi connectivity index (χ0n) is 9.92. The molecule has 92 valence electrons. The summed E-state index contributed by atoms with van der Waals surface area (Å²) < 4.78 is 1.16. The minimum Gasteiger partial charge on any atom is -0.326 e. The summed E-state index contributed by atoms with van der Waals surface area (Å²) in [5.74, 6) is 0.0518. The van der Waals surface area contributed by atoms with Gasteiger partial charge in [-0.1, -0.05) is 40.8 Å². The molecule has 0 fully saturated rings. The van der Waals surface area contributed by atoms with Crippen LogP contribution < -0.4 is 5.32 Å². The van der Waals surface area contributed by atoms with Crippen molar-refractivity contribution in [2.45, 2.75) is 25.7 Å². The van der Waals surface area contributed by atoms with Gasteiger partial charge in [0.2, 0.25) is 5.91 Å². The van der Waals surface area contributed by atoms with Gasteiger partial charge in [0.25, 0.3) is 0 Å². The van der Waals surface area contributed by atoms with Gasteiger partial charge in [-0.05, 0) is 41.4 Å². The first-order valence-corrected chi connectivity index (χ1v) is 7.34. The second kappa shape index (κ2) is 8.28. The lowest BCUT2D eigenvalue weighted by molar-refractivity contribution is -0.116. The molecule has 0 spiro atoms. The van der Waals surface area contributed by atoms with Crippen LogP contribution in [0, 0.1) is 0 Å². The molecule has 1 rings (SSSR count). The Morgan fingerprint density at radius 2 is 2.29 bits per heavy atom. The van der Waals surface area contributed by atoms with E-state index in [-0.39, 0.29) is 5.91 Å². The number of anilines is 1. The van der Waals surface area contributed by atoms with Crippen LogP contribution in [0.25, 0.3) is 0 Å². The second-order valence-corrected chi connectivity index (χ2v) is 4.95. The molecule has 0 saturated heterocycles. The fourth-order valence-corrected chi connectivity index (χ4v) is 1.91. The molecule has 0 aliphatic carbocycles. The van der Waals surface area contributed by atoms with E-state index in [1.165, 1.54) is 12.0 Å². The number of hydrogen-bond donors (Lipinski definition) is 1. The van der Waals surface area contributed by atoms with Crippen molar-refractivity contribution in [1.29, 1.82) is 0 Å². The van der Waals surface area contributed by atoms with Crippen LogP contribution in [0.4, 0.5) is 5.69 Å². The summed E-state index contributed by atoms with van der Waals surface area (Å²) in [4.78, 5) is 11.5. The number of carbonyl (C=O) groups excluding carboxylic acids is 1. The van der Waals surface area contributed by atoms with E-state index in [0.717, 1.165) is 23.0 Å². The smallest absolute Gasteiger partial charge is 0.224 e. The highest BCUT2D eigenvalue weighted by Gasteiger charge is 2.01. The molecule has 0 unspecified atom stereocenters. The summed E-state index contributed by atoms with van der Waals surface area (Å²) in [6.07, 6.45) is 5.23. The van der Waals surface area contributed by atoms with Crippen LogP contribution in [0.2, 0.25) is 0 Å². The van der Waals surface area contributed by atoms with Crippen LogP contribution in [0.15, 0.2) is 36.9 Å². The van der Waals surface area contributed by atoms with Crippen LogP contribution in [0.3, 0.4) is 0 Å². The predicted molar refractivity (Wildman–Crippen MR) is 81.7 cm³/mol. The lowest BCUT2D eigenvalue weighted by Gasteiger charge is -2.06. The molecule has 0 atom stereocenters. The summed E-state index contributed by atoms with van der Waals surface area (Å²) in [7, 11) is 0. The summed E-state index contributed by atoms with van der Waals surface area (Å²) >= 11 is 2.38. The molecule has 3 heteroatoms. The minimum atomic E-state index is 0.0518. The minimum absolute atomic E-state index is 0.0518. The zero-order valence-corrected chi connectivity index (χ0v) is 12.1. The first-order valence-electron chi connectivity index (χ1n) is 5.82. The molecular formula is C14H18INO. The number of alkyl halides is 1. The van der Waals surface area contributed by atoms with Crippen molar-refractivity contribution in [1.82, 2.24) is 0 Å². The van der Waals surface area contributed by atoms with Gasteiger partial charge in [-0.3, -0.25) is 4.79 Å². The van der Waals surface area contributed by atoms with Crippen molar-refractivity contribution in [3.63, 3.8) is 0 Å². The Morgan fingerprint density at radius 1 is 1.47 bits per heavy atom. The lowest BCUT2D eigenvalue weighted by atomic mass is 10.1. The normalized spacial score (nSPS) is 9.94.